The number of unbranched alkanes of at least 4 members (excludes halogenated alkanes) is 11. The van der Waals surface area contributed by atoms with E-state index >= 15 is 0 Å². The Morgan fingerprint density at radius 2 is 1.23 bits per heavy atom. The van der Waals surface area contributed by atoms with E-state index in [1.165, 1.54) is 0 Å². The highest BCUT2D eigenvalue weighted by Crippen LogP contribution is 2.23. The lowest BCUT2D eigenvalue weighted by molar-refractivity contribution is -0.151. The van der Waals surface area contributed by atoms with Gasteiger partial charge >= 0.3 is 29.8 Å². The van der Waals surface area contributed by atoms with Crippen molar-refractivity contribution in [1.82, 2.24) is 0 Å². The fourth-order valence-corrected chi connectivity index (χ4v) is 4.12. The number of carboxylic acids is 2. The fraction of sp³-hybridized carbons (Fsp3) is 0.654. The van der Waals surface area contributed by atoms with Gasteiger partial charge in [0, 0.05) is 16.7 Å². The molecule has 0 radical (unpaired) electrons. The van der Waals surface area contributed by atoms with Crippen LogP contribution in [0.15, 0.2) is 22.3 Å². The number of carboxylic acid groups (broad SMARTS) is 2. The van der Waals surface area contributed by atoms with Gasteiger partial charge < -0.3 is 19.7 Å². The minimum Gasteiger partial charge on any atom is -0.481 e. The van der Waals surface area contributed by atoms with E-state index in [0.717, 1.165) is 77.7 Å². The maximum Gasteiger partial charge on any atom is 0.342 e. The number of methoxy groups -OCH3 is 1. The molecule has 1 heterocycles. The van der Waals surface area contributed by atoms with E-state index in [4.69, 9.17) is 5.11 Å². The molecule has 9 nitrogen and oxygen atoms in total. The number of ether oxygens (including phenoxy) is 2. The van der Waals surface area contributed by atoms with Crippen LogP contribution in [0.25, 0.3) is 0 Å². The van der Waals surface area contributed by atoms with E-state index in [2.05, 4.69) is 9.47 Å². The summed E-state index contributed by atoms with van der Waals surface area (Å²) in [5.41, 5.74) is 0.492. The third-order valence-corrected chi connectivity index (χ3v) is 6.18. The van der Waals surface area contributed by atoms with Crippen molar-refractivity contribution in [3.05, 3.63) is 22.3 Å². The molecule has 35 heavy (non-hydrogen) atoms. The van der Waals surface area contributed by atoms with Crippen molar-refractivity contribution < 1.29 is 43.7 Å². The zero-order valence-corrected chi connectivity index (χ0v) is 20.9. The van der Waals surface area contributed by atoms with Gasteiger partial charge in [-0.15, -0.1) is 0 Å². The highest BCUT2D eigenvalue weighted by molar-refractivity contribution is 6.12. The second kappa shape index (κ2) is 16.6. The summed E-state index contributed by atoms with van der Waals surface area (Å²) in [6.45, 7) is 1.64. The largest absolute Gasteiger partial charge is 0.481 e. The fourth-order valence-electron chi connectivity index (χ4n) is 4.12. The molecule has 0 aromatic rings. The monoisotopic (exact) mass is 494 g/mol. The molecule has 0 amide bonds. The van der Waals surface area contributed by atoms with Gasteiger partial charge in [-0.2, -0.15) is 0 Å². The van der Waals surface area contributed by atoms with Crippen LogP contribution in [0.5, 0.6) is 0 Å². The van der Waals surface area contributed by atoms with Gasteiger partial charge in [-0.3, -0.25) is 4.79 Å². The topological polar surface area (TPSA) is 144 Å². The highest BCUT2D eigenvalue weighted by atomic mass is 16.6. The predicted molar refractivity (Wildman–Crippen MR) is 127 cm³/mol. The van der Waals surface area contributed by atoms with Crippen molar-refractivity contribution >= 4 is 29.8 Å². The van der Waals surface area contributed by atoms with Gasteiger partial charge in [0.1, 0.15) is 0 Å². The van der Waals surface area contributed by atoms with Crippen molar-refractivity contribution in [3.8, 4) is 0 Å². The van der Waals surface area contributed by atoms with E-state index < -0.39 is 36.3 Å². The van der Waals surface area contributed by atoms with Crippen LogP contribution < -0.4 is 0 Å². The average molecular weight is 495 g/mol. The second-order valence-corrected chi connectivity index (χ2v) is 8.85. The van der Waals surface area contributed by atoms with Crippen molar-refractivity contribution in [2.45, 2.75) is 103 Å². The summed E-state index contributed by atoms with van der Waals surface area (Å²) in [5, 5.41) is 18.3. The number of hydrogen-bond acceptors (Lipinski definition) is 7. The molecule has 1 aliphatic rings. The minimum atomic E-state index is -1.28. The summed E-state index contributed by atoms with van der Waals surface area (Å²) >= 11 is 0. The quantitative estimate of drug-likeness (QED) is 0.111. The molecule has 0 aliphatic carbocycles. The van der Waals surface area contributed by atoms with E-state index in [-0.39, 0.29) is 17.6 Å². The minimum absolute atomic E-state index is 0.140. The first-order valence-electron chi connectivity index (χ1n) is 12.4. The number of carbonyl (C=O) groups is 5. The van der Waals surface area contributed by atoms with E-state index in [0.29, 0.717) is 24.0 Å². The molecule has 0 fully saturated rings. The van der Waals surface area contributed by atoms with Gasteiger partial charge in [0.2, 0.25) is 0 Å². The number of rotatable bonds is 19. The van der Waals surface area contributed by atoms with Crippen LogP contribution in [0.4, 0.5) is 0 Å². The molecule has 0 aromatic heterocycles. The standard InChI is InChI=1S/C26H38O9/c1-18-19(26(33)35-24(18)31)15-13-11-9-7-5-3-4-6-8-10-12-14-16-20(23(29)30)21(17-22(27)28)25(32)34-2/h3-17H2,1-2H3,(H,27,28)(H,29,30). The van der Waals surface area contributed by atoms with Crippen LogP contribution in [0.1, 0.15) is 103 Å². The maximum absolute atomic E-state index is 11.8. The third kappa shape index (κ3) is 11.3. The molecule has 9 heteroatoms. The number of hydrogen-bond donors (Lipinski definition) is 2. The van der Waals surface area contributed by atoms with Crippen molar-refractivity contribution in [1.29, 1.82) is 0 Å². The van der Waals surface area contributed by atoms with Gasteiger partial charge in [-0.1, -0.05) is 64.2 Å². The number of carbonyl (C=O) groups excluding carboxylic acids is 3. The molecule has 0 saturated carbocycles. The molecule has 196 valence electrons. The molecule has 0 unspecified atom stereocenters. The molecule has 0 aromatic carbocycles. The first-order valence-corrected chi connectivity index (χ1v) is 12.4. The van der Waals surface area contributed by atoms with Crippen molar-refractivity contribution in [2.24, 2.45) is 0 Å². The Morgan fingerprint density at radius 3 is 1.63 bits per heavy atom. The van der Waals surface area contributed by atoms with Crippen LogP contribution >= 0.6 is 0 Å². The van der Waals surface area contributed by atoms with Crippen LogP contribution in [0, 0.1) is 0 Å². The van der Waals surface area contributed by atoms with E-state index in [1.807, 2.05) is 0 Å². The summed E-state index contributed by atoms with van der Waals surface area (Å²) < 4.78 is 9.13. The zero-order valence-electron chi connectivity index (χ0n) is 20.9. The zero-order chi connectivity index (χ0) is 26.2. The SMILES string of the molecule is COC(=O)C(CC(=O)O)=C(CCCCCCCCCCCCCCC1=C(C)C(=O)OC1=O)C(=O)O. The van der Waals surface area contributed by atoms with Crippen molar-refractivity contribution in [2.75, 3.05) is 7.11 Å². The number of cyclic esters (lactones) is 2. The van der Waals surface area contributed by atoms with Gasteiger partial charge in [-0.25, -0.2) is 19.2 Å². The Labute approximate surface area is 206 Å². The first-order chi connectivity index (χ1) is 16.7. The highest BCUT2D eigenvalue weighted by Gasteiger charge is 2.29. The molecule has 1 rings (SSSR count). The smallest absolute Gasteiger partial charge is 0.342 e. The second-order valence-electron chi connectivity index (χ2n) is 8.85. The normalized spacial score (nSPS) is 14.1. The molecule has 0 saturated heterocycles. The molecule has 2 N–H and O–H groups in total. The molecule has 0 atom stereocenters. The average Bonchev–Trinajstić information content (AvgIpc) is 3.05. The summed E-state index contributed by atoms with van der Waals surface area (Å²) in [6.07, 6.45) is 12.2. The summed E-state index contributed by atoms with van der Waals surface area (Å²) in [4.78, 5) is 57.1. The summed E-state index contributed by atoms with van der Waals surface area (Å²) in [5.74, 6) is -4.47. The Morgan fingerprint density at radius 1 is 0.743 bits per heavy atom. The van der Waals surface area contributed by atoms with E-state index in [1.54, 1.807) is 6.92 Å². The molecule has 1 aliphatic heterocycles. The van der Waals surface area contributed by atoms with Crippen LogP contribution in [-0.4, -0.2) is 47.2 Å². The van der Waals surface area contributed by atoms with Gasteiger partial charge in [0.15, 0.2) is 0 Å². The Kier molecular flexibility index (Phi) is 14.3. The molecule has 0 bridgehead atoms. The molecule has 0 spiro atoms. The number of esters is 3. The Balaban J connectivity index is 2.10. The first kappa shape index (κ1) is 30.1. The van der Waals surface area contributed by atoms with Gasteiger partial charge in [0.05, 0.1) is 19.1 Å². The lowest BCUT2D eigenvalue weighted by Gasteiger charge is -2.09. The van der Waals surface area contributed by atoms with Gasteiger partial charge in [0.25, 0.3) is 0 Å². The Bertz CT molecular complexity index is 836. The lowest BCUT2D eigenvalue weighted by Crippen LogP contribution is -2.16. The van der Waals surface area contributed by atoms with Crippen molar-refractivity contribution in [3.63, 3.8) is 0 Å². The molecular weight excluding hydrogens is 456 g/mol. The maximum atomic E-state index is 11.8. The van der Waals surface area contributed by atoms with E-state index in [9.17, 15) is 29.1 Å². The van der Waals surface area contributed by atoms with Gasteiger partial charge in [-0.05, 0) is 32.6 Å². The summed E-state index contributed by atoms with van der Waals surface area (Å²) in [7, 11) is 1.10. The van der Waals surface area contributed by atoms with Crippen LogP contribution in [-0.2, 0) is 33.4 Å². The Hall–Kier alpha value is -2.97. The lowest BCUT2D eigenvalue weighted by atomic mass is 9.98. The van der Waals surface area contributed by atoms with Crippen LogP contribution in [0.3, 0.4) is 0 Å². The predicted octanol–water partition coefficient (Wildman–Crippen LogP) is 4.88. The number of aliphatic carboxylic acids is 2. The van der Waals surface area contributed by atoms with Crippen LogP contribution in [0.2, 0.25) is 0 Å². The third-order valence-electron chi connectivity index (χ3n) is 6.18. The molecular formula is C26H38O9. The summed E-state index contributed by atoms with van der Waals surface area (Å²) in [6, 6.07) is 0.